The number of rotatable bonds is 6. The molecule has 0 amide bonds. The Morgan fingerprint density at radius 1 is 0.414 bits per heavy atom. The Kier molecular flexibility index (Phi) is 7.40. The van der Waals surface area contributed by atoms with Gasteiger partial charge >= 0.3 is 0 Å². The van der Waals surface area contributed by atoms with Gasteiger partial charge in [-0.15, -0.1) is 11.3 Å². The molecule has 0 aliphatic carbocycles. The molecule has 0 fully saturated rings. The number of hydrogen-bond acceptors (Lipinski definition) is 3. The van der Waals surface area contributed by atoms with Crippen LogP contribution < -0.4 is 4.90 Å². The summed E-state index contributed by atoms with van der Waals surface area (Å²) in [5, 5.41) is 7.26. The quantitative estimate of drug-likeness (QED) is 0.168. The number of nitrogens with zero attached hydrogens (tertiary/aromatic N) is 2. The van der Waals surface area contributed by atoms with Crippen molar-refractivity contribution >= 4 is 92.3 Å². The second-order valence-electron chi connectivity index (χ2n) is 14.9. The van der Waals surface area contributed by atoms with Gasteiger partial charge in [-0.1, -0.05) is 140 Å². The SMILES string of the molecule is c1ccc(N(c2cc(-c3cccc(-n4c5ccccc5c5ccccc54)c3)c3sc4ccccc4c3c2)c2ccccc2-c2cccc3c2oc2ccccc23)cc1. The van der Waals surface area contributed by atoms with E-state index in [0.717, 1.165) is 55.8 Å². The lowest BCUT2D eigenvalue weighted by molar-refractivity contribution is 0.670. The lowest BCUT2D eigenvalue weighted by Crippen LogP contribution is -2.11. The summed E-state index contributed by atoms with van der Waals surface area (Å²) < 4.78 is 11.6. The van der Waals surface area contributed by atoms with Crippen molar-refractivity contribution in [2.75, 3.05) is 4.90 Å². The molecule has 0 unspecified atom stereocenters. The van der Waals surface area contributed by atoms with Crippen molar-refractivity contribution in [3.8, 4) is 27.9 Å². The Bertz CT molecular complexity index is 3480. The highest BCUT2D eigenvalue weighted by molar-refractivity contribution is 7.26. The maximum atomic E-state index is 6.63. The van der Waals surface area contributed by atoms with E-state index in [2.05, 4.69) is 210 Å². The number of thiophene rings is 1. The van der Waals surface area contributed by atoms with Crippen molar-refractivity contribution in [1.29, 1.82) is 0 Å². The van der Waals surface area contributed by atoms with Crippen molar-refractivity contribution < 1.29 is 4.42 Å². The van der Waals surface area contributed by atoms with Gasteiger partial charge in [0.15, 0.2) is 0 Å². The zero-order valence-corrected chi connectivity index (χ0v) is 32.2. The van der Waals surface area contributed by atoms with Crippen LogP contribution in [0.3, 0.4) is 0 Å². The molecule has 12 aromatic rings. The van der Waals surface area contributed by atoms with Gasteiger partial charge in [0.05, 0.1) is 16.7 Å². The largest absolute Gasteiger partial charge is 0.455 e. The molecule has 0 bridgehead atoms. The highest BCUT2D eigenvalue weighted by Crippen LogP contribution is 2.48. The van der Waals surface area contributed by atoms with Gasteiger partial charge in [-0.3, -0.25) is 0 Å². The highest BCUT2D eigenvalue weighted by Gasteiger charge is 2.23. The van der Waals surface area contributed by atoms with Crippen LogP contribution in [0, 0.1) is 0 Å². The molecule has 0 spiro atoms. The summed E-state index contributed by atoms with van der Waals surface area (Å²) in [6, 6.07) is 74.4. The predicted molar refractivity (Wildman–Crippen MR) is 247 cm³/mol. The second-order valence-corrected chi connectivity index (χ2v) is 15.9. The van der Waals surface area contributed by atoms with Crippen molar-refractivity contribution in [3.05, 3.63) is 206 Å². The molecular weight excluding hydrogens is 725 g/mol. The number of para-hydroxylation sites is 6. The molecule has 4 heteroatoms. The lowest BCUT2D eigenvalue weighted by atomic mass is 9.97. The van der Waals surface area contributed by atoms with Crippen LogP contribution in [-0.2, 0) is 0 Å². The molecule has 0 saturated carbocycles. The molecule has 3 heterocycles. The standard InChI is InChI=1S/C54H34N2OS/c1-2-17-36(18-3-1)55(48-27-9-6-22-41(48)44-25-15-26-45-42-23-7-12-30-51(42)57-53(44)45)38-33-46(54-47(34-38)43-24-8-13-31-52(43)58-54)35-16-14-19-37(32-35)56-49-28-10-4-20-39(49)40-21-5-11-29-50(40)56/h1-34H. The second kappa shape index (κ2) is 13.1. The third-order valence-electron chi connectivity index (χ3n) is 11.6. The molecule has 0 radical (unpaired) electrons. The summed E-state index contributed by atoms with van der Waals surface area (Å²) in [6.07, 6.45) is 0. The minimum Gasteiger partial charge on any atom is -0.455 e. The van der Waals surface area contributed by atoms with Crippen LogP contribution in [0.4, 0.5) is 17.1 Å². The third kappa shape index (κ3) is 5.05. The van der Waals surface area contributed by atoms with Gasteiger partial charge in [0.2, 0.25) is 0 Å². The van der Waals surface area contributed by atoms with E-state index in [0.29, 0.717) is 0 Å². The Hall–Kier alpha value is -7.40. The van der Waals surface area contributed by atoms with Crippen molar-refractivity contribution in [2.45, 2.75) is 0 Å². The number of hydrogen-bond donors (Lipinski definition) is 0. The molecule has 3 aromatic heterocycles. The fourth-order valence-electron chi connectivity index (χ4n) is 9.03. The summed E-state index contributed by atoms with van der Waals surface area (Å²) in [7, 11) is 0. The van der Waals surface area contributed by atoms with Crippen molar-refractivity contribution in [1.82, 2.24) is 4.57 Å². The minimum atomic E-state index is 0.893. The van der Waals surface area contributed by atoms with E-state index >= 15 is 0 Å². The van der Waals surface area contributed by atoms with Crippen LogP contribution in [-0.4, -0.2) is 4.57 Å². The van der Waals surface area contributed by atoms with E-state index in [1.165, 1.54) is 53.1 Å². The average molecular weight is 759 g/mol. The summed E-state index contributed by atoms with van der Waals surface area (Å²) in [5.74, 6) is 0. The van der Waals surface area contributed by atoms with Gasteiger partial charge < -0.3 is 13.9 Å². The van der Waals surface area contributed by atoms with E-state index in [1.807, 2.05) is 17.4 Å². The van der Waals surface area contributed by atoms with Gasteiger partial charge in [0.1, 0.15) is 11.2 Å². The molecular formula is C54H34N2OS. The lowest BCUT2D eigenvalue weighted by Gasteiger charge is -2.28. The molecule has 0 saturated heterocycles. The smallest absolute Gasteiger partial charge is 0.143 e. The number of furan rings is 1. The van der Waals surface area contributed by atoms with E-state index in [9.17, 15) is 0 Å². The fourth-order valence-corrected chi connectivity index (χ4v) is 10.2. The summed E-state index contributed by atoms with van der Waals surface area (Å²) >= 11 is 1.87. The van der Waals surface area contributed by atoms with Gasteiger partial charge in [-0.25, -0.2) is 0 Å². The zero-order chi connectivity index (χ0) is 38.2. The monoisotopic (exact) mass is 758 g/mol. The molecule has 0 aliphatic rings. The van der Waals surface area contributed by atoms with E-state index < -0.39 is 0 Å². The molecule has 0 aliphatic heterocycles. The molecule has 0 atom stereocenters. The van der Waals surface area contributed by atoms with E-state index in [1.54, 1.807) is 0 Å². The number of anilines is 3. The Morgan fingerprint density at radius 2 is 1.05 bits per heavy atom. The van der Waals surface area contributed by atoms with Crippen LogP contribution in [0.2, 0.25) is 0 Å². The van der Waals surface area contributed by atoms with Gasteiger partial charge in [0.25, 0.3) is 0 Å². The molecule has 9 aromatic carbocycles. The number of aromatic nitrogens is 1. The van der Waals surface area contributed by atoms with Crippen LogP contribution in [0.25, 0.3) is 91.9 Å². The molecule has 12 rings (SSSR count). The first-order chi connectivity index (χ1) is 28.8. The first-order valence-electron chi connectivity index (χ1n) is 19.7. The number of fused-ring (bicyclic) bond motifs is 9. The summed E-state index contributed by atoms with van der Waals surface area (Å²) in [5.41, 5.74) is 13.1. The number of benzene rings is 9. The van der Waals surface area contributed by atoms with E-state index in [4.69, 9.17) is 4.42 Å². The first-order valence-corrected chi connectivity index (χ1v) is 20.5. The molecule has 272 valence electrons. The molecule has 3 nitrogen and oxygen atoms in total. The van der Waals surface area contributed by atoms with Crippen LogP contribution in [0.1, 0.15) is 0 Å². The normalized spacial score (nSPS) is 11.8. The van der Waals surface area contributed by atoms with Gasteiger partial charge in [-0.2, -0.15) is 0 Å². The summed E-state index contributed by atoms with van der Waals surface area (Å²) in [6.45, 7) is 0. The third-order valence-corrected chi connectivity index (χ3v) is 12.8. The minimum absolute atomic E-state index is 0.893. The fraction of sp³-hybridized carbons (Fsp3) is 0. The topological polar surface area (TPSA) is 21.3 Å². The van der Waals surface area contributed by atoms with Crippen molar-refractivity contribution in [2.24, 2.45) is 0 Å². The van der Waals surface area contributed by atoms with Crippen molar-refractivity contribution in [3.63, 3.8) is 0 Å². The predicted octanol–water partition coefficient (Wildman–Crippen LogP) is 15.9. The zero-order valence-electron chi connectivity index (χ0n) is 31.3. The van der Waals surface area contributed by atoms with Crippen LogP contribution in [0.5, 0.6) is 0 Å². The average Bonchev–Trinajstić information content (AvgIpc) is 3.97. The van der Waals surface area contributed by atoms with Crippen LogP contribution in [0.15, 0.2) is 211 Å². The van der Waals surface area contributed by atoms with E-state index in [-0.39, 0.29) is 0 Å². The maximum Gasteiger partial charge on any atom is 0.143 e. The molecule has 0 N–H and O–H groups in total. The Balaban J connectivity index is 1.12. The van der Waals surface area contributed by atoms with Gasteiger partial charge in [0, 0.05) is 75.5 Å². The first kappa shape index (κ1) is 32.8. The van der Waals surface area contributed by atoms with Gasteiger partial charge in [-0.05, 0) is 72.3 Å². The summed E-state index contributed by atoms with van der Waals surface area (Å²) in [4.78, 5) is 2.42. The maximum absolute atomic E-state index is 6.63. The highest BCUT2D eigenvalue weighted by atomic mass is 32.1. The Labute approximate surface area is 338 Å². The molecule has 58 heavy (non-hydrogen) atoms. The Morgan fingerprint density at radius 3 is 1.88 bits per heavy atom. The van der Waals surface area contributed by atoms with Crippen LogP contribution >= 0.6 is 11.3 Å².